The van der Waals surface area contributed by atoms with Crippen molar-refractivity contribution in [2.75, 3.05) is 21.2 Å². The predicted molar refractivity (Wildman–Crippen MR) is 120 cm³/mol. The van der Waals surface area contributed by atoms with Crippen LogP contribution in [0.3, 0.4) is 0 Å². The van der Waals surface area contributed by atoms with Crippen molar-refractivity contribution in [2.45, 2.75) is 24.5 Å². The van der Waals surface area contributed by atoms with Crippen LogP contribution in [-0.4, -0.2) is 37.3 Å². The zero-order valence-corrected chi connectivity index (χ0v) is 17.9. The highest BCUT2D eigenvalue weighted by molar-refractivity contribution is 6.30. The van der Waals surface area contributed by atoms with Gasteiger partial charge in [-0.1, -0.05) is 66.2 Å². The van der Waals surface area contributed by atoms with Crippen LogP contribution in [0.1, 0.15) is 16.7 Å². The zero-order valence-electron chi connectivity index (χ0n) is 17.2. The number of aliphatic hydroxyl groups is 1. The number of halogens is 1. The number of rotatable bonds is 8. The molecule has 0 fully saturated rings. The van der Waals surface area contributed by atoms with Crippen LogP contribution < -0.4 is 4.74 Å². The third-order valence-corrected chi connectivity index (χ3v) is 5.61. The second-order valence-electron chi connectivity index (χ2n) is 7.63. The van der Waals surface area contributed by atoms with Crippen molar-refractivity contribution in [1.82, 2.24) is 4.90 Å². The van der Waals surface area contributed by atoms with Crippen molar-refractivity contribution < 1.29 is 9.84 Å². The highest BCUT2D eigenvalue weighted by atomic mass is 35.5. The molecule has 0 aromatic heterocycles. The van der Waals surface area contributed by atoms with Gasteiger partial charge in [-0.05, 0) is 61.5 Å². The van der Waals surface area contributed by atoms with Gasteiger partial charge in [0.05, 0.1) is 7.11 Å². The first kappa shape index (κ1) is 21.4. The van der Waals surface area contributed by atoms with Gasteiger partial charge in [0, 0.05) is 17.5 Å². The third kappa shape index (κ3) is 5.18. The fourth-order valence-corrected chi connectivity index (χ4v) is 4.09. The van der Waals surface area contributed by atoms with Gasteiger partial charge < -0.3 is 14.7 Å². The SMILES string of the molecule is COc1cccc(C(O)(Cc2cccc(Cl)c2)C(Cc2ccccc2)N(C)C)c1. The highest BCUT2D eigenvalue weighted by Crippen LogP contribution is 2.35. The van der Waals surface area contributed by atoms with Gasteiger partial charge in [-0.3, -0.25) is 0 Å². The molecule has 0 heterocycles. The fraction of sp³-hybridized carbons (Fsp3) is 0.280. The molecule has 3 aromatic rings. The Hall–Kier alpha value is -2.33. The summed E-state index contributed by atoms with van der Waals surface area (Å²) in [6.07, 6.45) is 1.15. The fourth-order valence-electron chi connectivity index (χ4n) is 3.88. The van der Waals surface area contributed by atoms with E-state index in [4.69, 9.17) is 16.3 Å². The molecule has 0 bridgehead atoms. The van der Waals surface area contributed by atoms with Crippen LogP contribution in [0.25, 0.3) is 0 Å². The zero-order chi connectivity index (χ0) is 20.9. The number of hydrogen-bond donors (Lipinski definition) is 1. The van der Waals surface area contributed by atoms with Crippen molar-refractivity contribution in [3.8, 4) is 5.75 Å². The maximum atomic E-state index is 12.2. The van der Waals surface area contributed by atoms with Crippen LogP contribution >= 0.6 is 11.6 Å². The minimum Gasteiger partial charge on any atom is -0.497 e. The van der Waals surface area contributed by atoms with Crippen LogP contribution in [0.5, 0.6) is 5.75 Å². The molecule has 4 heteroatoms. The second-order valence-corrected chi connectivity index (χ2v) is 8.07. The van der Waals surface area contributed by atoms with Crippen LogP contribution in [0, 0.1) is 0 Å². The van der Waals surface area contributed by atoms with Crippen LogP contribution in [-0.2, 0) is 18.4 Å². The largest absolute Gasteiger partial charge is 0.497 e. The molecule has 2 atom stereocenters. The Kier molecular flexibility index (Phi) is 6.96. The summed E-state index contributed by atoms with van der Waals surface area (Å²) < 4.78 is 5.43. The Morgan fingerprint density at radius 1 is 0.931 bits per heavy atom. The number of likely N-dealkylation sites (N-methyl/N-ethyl adjacent to an activating group) is 1. The minimum atomic E-state index is -1.14. The maximum Gasteiger partial charge on any atom is 0.119 e. The molecule has 0 saturated heterocycles. The first-order valence-corrected chi connectivity index (χ1v) is 10.1. The molecule has 0 amide bonds. The van der Waals surface area contributed by atoms with Gasteiger partial charge in [-0.2, -0.15) is 0 Å². The summed E-state index contributed by atoms with van der Waals surface area (Å²) in [6, 6.07) is 25.5. The van der Waals surface area contributed by atoms with Crippen molar-refractivity contribution in [3.63, 3.8) is 0 Å². The number of benzene rings is 3. The van der Waals surface area contributed by atoms with Crippen molar-refractivity contribution in [1.29, 1.82) is 0 Å². The molecule has 0 radical (unpaired) electrons. The number of nitrogens with zero attached hydrogens (tertiary/aromatic N) is 1. The molecule has 3 aromatic carbocycles. The Morgan fingerprint density at radius 3 is 2.28 bits per heavy atom. The summed E-state index contributed by atoms with van der Waals surface area (Å²) in [5, 5.41) is 12.9. The first-order valence-electron chi connectivity index (χ1n) is 9.74. The van der Waals surface area contributed by atoms with Gasteiger partial charge in [-0.25, -0.2) is 0 Å². The molecule has 0 aliphatic carbocycles. The van der Waals surface area contributed by atoms with Crippen molar-refractivity contribution >= 4 is 11.6 Å². The van der Waals surface area contributed by atoms with Gasteiger partial charge >= 0.3 is 0 Å². The standard InChI is InChI=1S/C25H28ClNO2/c1-27(2)24(16-19-9-5-4-6-10-19)25(28,18-20-11-7-13-22(26)15-20)21-12-8-14-23(17-21)29-3/h4-15,17,24,28H,16,18H2,1-3H3. The van der Waals surface area contributed by atoms with E-state index in [9.17, 15) is 5.11 Å². The average Bonchev–Trinajstić information content (AvgIpc) is 2.72. The maximum absolute atomic E-state index is 12.2. The van der Waals surface area contributed by atoms with E-state index >= 15 is 0 Å². The first-order chi connectivity index (χ1) is 13.9. The van der Waals surface area contributed by atoms with Gasteiger partial charge in [0.1, 0.15) is 11.4 Å². The van der Waals surface area contributed by atoms with E-state index in [1.165, 1.54) is 5.56 Å². The topological polar surface area (TPSA) is 32.7 Å². The lowest BCUT2D eigenvalue weighted by Gasteiger charge is -2.41. The molecule has 0 saturated carbocycles. The van der Waals surface area contributed by atoms with Crippen molar-refractivity contribution in [2.24, 2.45) is 0 Å². The van der Waals surface area contributed by atoms with Crippen molar-refractivity contribution in [3.05, 3.63) is 101 Å². The summed E-state index contributed by atoms with van der Waals surface area (Å²) in [7, 11) is 5.66. The molecule has 0 aliphatic rings. The van der Waals surface area contributed by atoms with E-state index < -0.39 is 5.60 Å². The Labute approximate surface area is 178 Å². The molecule has 29 heavy (non-hydrogen) atoms. The molecule has 152 valence electrons. The molecule has 3 nitrogen and oxygen atoms in total. The Bertz CT molecular complexity index is 929. The number of ether oxygens (including phenoxy) is 1. The molecular weight excluding hydrogens is 382 g/mol. The van der Waals surface area contributed by atoms with E-state index in [2.05, 4.69) is 17.0 Å². The number of methoxy groups -OCH3 is 1. The second kappa shape index (κ2) is 9.45. The van der Waals surface area contributed by atoms with Gasteiger partial charge in [0.15, 0.2) is 0 Å². The van der Waals surface area contributed by atoms with Gasteiger partial charge in [-0.15, -0.1) is 0 Å². The normalized spacial score (nSPS) is 14.4. The van der Waals surface area contributed by atoms with E-state index in [-0.39, 0.29) is 6.04 Å². The molecule has 0 spiro atoms. The van der Waals surface area contributed by atoms with Crippen LogP contribution in [0.15, 0.2) is 78.9 Å². The quantitative estimate of drug-likeness (QED) is 0.571. The Balaban J connectivity index is 2.08. The molecule has 0 aliphatic heterocycles. The van der Waals surface area contributed by atoms with Crippen LogP contribution in [0.4, 0.5) is 0 Å². The summed E-state index contributed by atoms with van der Waals surface area (Å²) in [5.74, 6) is 0.726. The van der Waals surface area contributed by atoms with E-state index in [1.54, 1.807) is 7.11 Å². The predicted octanol–water partition coefficient (Wildman–Crippen LogP) is 4.95. The Morgan fingerprint density at radius 2 is 1.62 bits per heavy atom. The number of hydrogen-bond acceptors (Lipinski definition) is 3. The smallest absolute Gasteiger partial charge is 0.119 e. The monoisotopic (exact) mass is 409 g/mol. The van der Waals surface area contributed by atoms with E-state index in [0.29, 0.717) is 17.9 Å². The summed E-state index contributed by atoms with van der Waals surface area (Å²) >= 11 is 6.23. The molecule has 3 rings (SSSR count). The lowest BCUT2D eigenvalue weighted by atomic mass is 9.78. The van der Waals surface area contributed by atoms with Crippen LogP contribution in [0.2, 0.25) is 5.02 Å². The van der Waals surface area contributed by atoms with E-state index in [1.807, 2.05) is 80.8 Å². The van der Waals surface area contributed by atoms with Gasteiger partial charge in [0.25, 0.3) is 0 Å². The van der Waals surface area contributed by atoms with E-state index in [0.717, 1.165) is 16.9 Å². The summed E-state index contributed by atoms with van der Waals surface area (Å²) in [6.45, 7) is 0. The lowest BCUT2D eigenvalue weighted by Crippen LogP contribution is -2.50. The summed E-state index contributed by atoms with van der Waals surface area (Å²) in [5.41, 5.74) is 1.85. The molecule has 2 unspecified atom stereocenters. The molecule has 1 N–H and O–H groups in total. The minimum absolute atomic E-state index is 0.156. The highest BCUT2D eigenvalue weighted by Gasteiger charge is 2.40. The lowest BCUT2D eigenvalue weighted by molar-refractivity contribution is -0.0389. The average molecular weight is 410 g/mol. The van der Waals surface area contributed by atoms with Gasteiger partial charge in [0.2, 0.25) is 0 Å². The third-order valence-electron chi connectivity index (χ3n) is 5.38. The molecular formula is C25H28ClNO2. The summed E-state index contributed by atoms with van der Waals surface area (Å²) in [4.78, 5) is 2.09.